The summed E-state index contributed by atoms with van der Waals surface area (Å²) in [5.41, 5.74) is 17.5. The molecule has 0 atom stereocenters. The van der Waals surface area contributed by atoms with Crippen molar-refractivity contribution in [3.63, 3.8) is 0 Å². The zero-order valence-corrected chi connectivity index (χ0v) is 18.7. The predicted octanol–water partition coefficient (Wildman–Crippen LogP) is 5.44. The Labute approximate surface area is 170 Å². The second kappa shape index (κ2) is 8.81. The predicted molar refractivity (Wildman–Crippen MR) is 120 cm³/mol. The van der Waals surface area contributed by atoms with E-state index in [4.69, 9.17) is 11.5 Å². The minimum absolute atomic E-state index is 0.144. The van der Waals surface area contributed by atoms with Crippen LogP contribution in [0, 0.1) is 0 Å². The van der Waals surface area contributed by atoms with Gasteiger partial charge in [-0.05, 0) is 71.1 Å². The molecule has 0 heterocycles. The average molecular weight is 385 g/mol. The van der Waals surface area contributed by atoms with E-state index >= 15 is 0 Å². The van der Waals surface area contributed by atoms with Gasteiger partial charge in [0.1, 0.15) is 0 Å². The molecule has 0 bridgehead atoms. The largest absolute Gasteiger partial charge is 0.330 e. The van der Waals surface area contributed by atoms with Crippen LogP contribution in [0.4, 0.5) is 0 Å². The molecule has 27 heavy (non-hydrogen) atoms. The Morgan fingerprint density at radius 2 is 1.04 bits per heavy atom. The molecule has 0 radical (unpaired) electrons. The Bertz CT molecular complexity index is 701. The Morgan fingerprint density at radius 3 is 1.33 bits per heavy atom. The molecule has 0 aliphatic rings. The highest BCUT2D eigenvalue weighted by molar-refractivity contribution is 7.99. The molecule has 0 unspecified atom stereocenters. The second-order valence-corrected chi connectivity index (χ2v) is 10.4. The van der Waals surface area contributed by atoms with Gasteiger partial charge < -0.3 is 11.5 Å². The SMILES string of the molecule is CC(C)(C)c1ccc(Sc2ccc(C(C)(C)C)cc2CCN)c(CCN)c1. The van der Waals surface area contributed by atoms with Crippen molar-refractivity contribution >= 4 is 11.8 Å². The lowest BCUT2D eigenvalue weighted by molar-refractivity contribution is 0.588. The van der Waals surface area contributed by atoms with Crippen LogP contribution >= 0.6 is 11.8 Å². The molecule has 3 heteroatoms. The fourth-order valence-corrected chi connectivity index (χ4v) is 4.20. The fourth-order valence-electron chi connectivity index (χ4n) is 3.11. The van der Waals surface area contributed by atoms with Crippen molar-refractivity contribution in [1.29, 1.82) is 0 Å². The fraction of sp³-hybridized carbons (Fsp3) is 0.500. The normalized spacial score (nSPS) is 12.4. The molecule has 0 aliphatic carbocycles. The van der Waals surface area contributed by atoms with E-state index in [1.165, 1.54) is 32.0 Å². The Balaban J connectivity index is 2.43. The van der Waals surface area contributed by atoms with Gasteiger partial charge in [-0.1, -0.05) is 77.6 Å². The van der Waals surface area contributed by atoms with Crippen LogP contribution in [0.2, 0.25) is 0 Å². The first-order valence-electron chi connectivity index (χ1n) is 9.91. The lowest BCUT2D eigenvalue weighted by Gasteiger charge is -2.23. The van der Waals surface area contributed by atoms with E-state index in [2.05, 4.69) is 77.9 Å². The molecule has 4 N–H and O–H groups in total. The summed E-state index contributed by atoms with van der Waals surface area (Å²) in [4.78, 5) is 2.60. The highest BCUT2D eigenvalue weighted by Gasteiger charge is 2.18. The van der Waals surface area contributed by atoms with Crippen molar-refractivity contribution in [2.24, 2.45) is 11.5 Å². The lowest BCUT2D eigenvalue weighted by Crippen LogP contribution is -2.13. The van der Waals surface area contributed by atoms with E-state index < -0.39 is 0 Å². The molecule has 0 aliphatic heterocycles. The quantitative estimate of drug-likeness (QED) is 0.697. The van der Waals surface area contributed by atoms with Gasteiger partial charge in [-0.2, -0.15) is 0 Å². The van der Waals surface area contributed by atoms with Crippen molar-refractivity contribution in [2.75, 3.05) is 13.1 Å². The van der Waals surface area contributed by atoms with Crippen LogP contribution in [0.1, 0.15) is 63.8 Å². The van der Waals surface area contributed by atoms with E-state index in [1.807, 2.05) is 11.8 Å². The third-order valence-electron chi connectivity index (χ3n) is 4.90. The number of rotatable bonds is 6. The van der Waals surface area contributed by atoms with E-state index in [-0.39, 0.29) is 10.8 Å². The maximum atomic E-state index is 5.90. The van der Waals surface area contributed by atoms with Gasteiger partial charge in [0, 0.05) is 9.79 Å². The Kier molecular flexibility index (Phi) is 7.18. The van der Waals surface area contributed by atoms with Crippen LogP contribution in [-0.4, -0.2) is 13.1 Å². The summed E-state index contributed by atoms with van der Waals surface area (Å²) >= 11 is 1.85. The minimum Gasteiger partial charge on any atom is -0.330 e. The molecule has 0 amide bonds. The first-order chi connectivity index (χ1) is 12.6. The van der Waals surface area contributed by atoms with Gasteiger partial charge in [-0.25, -0.2) is 0 Å². The van der Waals surface area contributed by atoms with E-state index in [1.54, 1.807) is 0 Å². The summed E-state index contributed by atoms with van der Waals surface area (Å²) in [6.07, 6.45) is 1.80. The smallest absolute Gasteiger partial charge is 0.0155 e. The average Bonchev–Trinajstić information content (AvgIpc) is 2.56. The molecule has 0 spiro atoms. The third kappa shape index (κ3) is 5.84. The molecule has 0 fully saturated rings. The van der Waals surface area contributed by atoms with Crippen LogP contribution in [-0.2, 0) is 23.7 Å². The number of hydrogen-bond acceptors (Lipinski definition) is 3. The number of hydrogen-bond donors (Lipinski definition) is 2. The standard InChI is InChI=1S/C24H36N2S/c1-23(2,3)19-7-9-21(17(15-19)11-13-25)27-22-10-8-20(24(4,5)6)16-18(22)12-14-26/h7-10,15-16H,11-14,25-26H2,1-6H3. The maximum Gasteiger partial charge on any atom is 0.0155 e. The van der Waals surface area contributed by atoms with Crippen LogP contribution in [0.15, 0.2) is 46.2 Å². The summed E-state index contributed by atoms with van der Waals surface area (Å²) < 4.78 is 0. The van der Waals surface area contributed by atoms with E-state index in [0.717, 1.165) is 12.8 Å². The van der Waals surface area contributed by atoms with Gasteiger partial charge in [0.2, 0.25) is 0 Å². The first-order valence-corrected chi connectivity index (χ1v) is 10.7. The zero-order valence-electron chi connectivity index (χ0n) is 17.9. The second-order valence-electron chi connectivity index (χ2n) is 9.32. The van der Waals surface area contributed by atoms with Crippen molar-refractivity contribution in [3.8, 4) is 0 Å². The summed E-state index contributed by atoms with van der Waals surface area (Å²) in [5, 5.41) is 0. The molecule has 0 saturated carbocycles. The molecular weight excluding hydrogens is 348 g/mol. The van der Waals surface area contributed by atoms with E-state index in [0.29, 0.717) is 13.1 Å². The maximum absolute atomic E-state index is 5.90. The van der Waals surface area contributed by atoms with Gasteiger partial charge in [0.05, 0.1) is 0 Å². The molecule has 148 valence electrons. The highest BCUT2D eigenvalue weighted by atomic mass is 32.2. The molecule has 0 aromatic heterocycles. The summed E-state index contributed by atoms with van der Waals surface area (Å²) in [7, 11) is 0. The topological polar surface area (TPSA) is 52.0 Å². The van der Waals surface area contributed by atoms with E-state index in [9.17, 15) is 0 Å². The van der Waals surface area contributed by atoms with Crippen molar-refractivity contribution < 1.29 is 0 Å². The number of benzene rings is 2. The van der Waals surface area contributed by atoms with Crippen LogP contribution in [0.5, 0.6) is 0 Å². The summed E-state index contributed by atoms with van der Waals surface area (Å²) in [6.45, 7) is 14.9. The van der Waals surface area contributed by atoms with Gasteiger partial charge in [0.25, 0.3) is 0 Å². The van der Waals surface area contributed by atoms with Crippen LogP contribution < -0.4 is 11.5 Å². The molecule has 2 aromatic carbocycles. The molecule has 2 rings (SSSR count). The third-order valence-corrected chi connectivity index (χ3v) is 6.14. The number of nitrogens with two attached hydrogens (primary N) is 2. The molecule has 2 nitrogen and oxygen atoms in total. The summed E-state index contributed by atoms with van der Waals surface area (Å²) in [5.74, 6) is 0. The van der Waals surface area contributed by atoms with Crippen molar-refractivity contribution in [2.45, 2.75) is 75.0 Å². The van der Waals surface area contributed by atoms with Gasteiger partial charge in [-0.15, -0.1) is 0 Å². The van der Waals surface area contributed by atoms with Crippen molar-refractivity contribution in [3.05, 3.63) is 58.7 Å². The Morgan fingerprint density at radius 1 is 0.667 bits per heavy atom. The molecule has 2 aromatic rings. The first kappa shape index (κ1) is 22.0. The van der Waals surface area contributed by atoms with Gasteiger partial charge >= 0.3 is 0 Å². The van der Waals surface area contributed by atoms with Crippen LogP contribution in [0.3, 0.4) is 0 Å². The molecular formula is C24H36N2S. The molecule has 0 saturated heterocycles. The summed E-state index contributed by atoms with van der Waals surface area (Å²) in [6, 6.07) is 13.7. The zero-order chi connectivity index (χ0) is 20.2. The lowest BCUT2D eigenvalue weighted by atomic mass is 9.86. The monoisotopic (exact) mass is 384 g/mol. The minimum atomic E-state index is 0.144. The van der Waals surface area contributed by atoms with Crippen molar-refractivity contribution in [1.82, 2.24) is 0 Å². The van der Waals surface area contributed by atoms with Gasteiger partial charge in [0.15, 0.2) is 0 Å². The van der Waals surface area contributed by atoms with Gasteiger partial charge in [-0.3, -0.25) is 0 Å². The van der Waals surface area contributed by atoms with Crippen LogP contribution in [0.25, 0.3) is 0 Å². The highest BCUT2D eigenvalue weighted by Crippen LogP contribution is 2.37. The Hall–Kier alpha value is -1.29.